The molecular weight excluding hydrogens is 280 g/mol. The number of aromatic nitrogens is 1. The zero-order valence-electron chi connectivity index (χ0n) is 12.2. The van der Waals surface area contributed by atoms with Crippen molar-refractivity contribution in [2.24, 2.45) is 0 Å². The van der Waals surface area contributed by atoms with Crippen LogP contribution in [0.15, 0.2) is 42.6 Å². The maximum absolute atomic E-state index is 5.25. The molecule has 108 valence electrons. The normalized spacial score (nSPS) is 11.0. The van der Waals surface area contributed by atoms with Gasteiger partial charge in [-0.1, -0.05) is 18.2 Å². The van der Waals surface area contributed by atoms with Crippen molar-refractivity contribution in [1.29, 1.82) is 0 Å². The summed E-state index contributed by atoms with van der Waals surface area (Å²) in [6, 6.07) is 12.7. The van der Waals surface area contributed by atoms with Crippen molar-refractivity contribution in [2.75, 3.05) is 7.11 Å². The molecule has 0 bridgehead atoms. The molecule has 3 rings (SSSR count). The highest BCUT2D eigenvalue weighted by molar-refractivity contribution is 7.11. The van der Waals surface area contributed by atoms with E-state index in [9.17, 15) is 0 Å². The monoisotopic (exact) mass is 298 g/mol. The molecule has 1 aromatic heterocycles. The molecule has 1 N–H and O–H groups in total. The molecule has 4 heteroatoms. The van der Waals surface area contributed by atoms with Crippen LogP contribution in [-0.4, -0.2) is 12.1 Å². The SMILES string of the molecule is COc1ccc2cc(CNCc3ncc(C)s3)ccc2c1. The second kappa shape index (κ2) is 6.24. The van der Waals surface area contributed by atoms with E-state index in [0.29, 0.717) is 0 Å². The number of fused-ring (bicyclic) bond motifs is 1. The van der Waals surface area contributed by atoms with Crippen molar-refractivity contribution in [3.8, 4) is 5.75 Å². The average molecular weight is 298 g/mol. The number of hydrogen-bond acceptors (Lipinski definition) is 4. The molecule has 0 radical (unpaired) electrons. The van der Waals surface area contributed by atoms with Crippen molar-refractivity contribution in [3.63, 3.8) is 0 Å². The van der Waals surface area contributed by atoms with Gasteiger partial charge in [-0.15, -0.1) is 11.3 Å². The summed E-state index contributed by atoms with van der Waals surface area (Å²) >= 11 is 1.74. The molecule has 0 spiro atoms. The van der Waals surface area contributed by atoms with Gasteiger partial charge in [-0.2, -0.15) is 0 Å². The Morgan fingerprint density at radius 3 is 2.67 bits per heavy atom. The van der Waals surface area contributed by atoms with Crippen molar-refractivity contribution < 1.29 is 4.74 Å². The lowest BCUT2D eigenvalue weighted by atomic mass is 10.1. The number of nitrogens with one attached hydrogen (secondary N) is 1. The summed E-state index contributed by atoms with van der Waals surface area (Å²) in [5.74, 6) is 0.896. The molecule has 0 saturated heterocycles. The van der Waals surface area contributed by atoms with Crippen LogP contribution in [0.3, 0.4) is 0 Å². The van der Waals surface area contributed by atoms with Crippen molar-refractivity contribution in [2.45, 2.75) is 20.0 Å². The standard InChI is InChI=1S/C17H18N2OS/c1-12-9-19-17(21-12)11-18-10-13-3-4-15-8-16(20-2)6-5-14(15)7-13/h3-9,18H,10-11H2,1-2H3. The minimum Gasteiger partial charge on any atom is -0.497 e. The van der Waals surface area contributed by atoms with E-state index < -0.39 is 0 Å². The highest BCUT2D eigenvalue weighted by Gasteiger charge is 2.01. The number of benzene rings is 2. The van der Waals surface area contributed by atoms with Crippen LogP contribution in [0.2, 0.25) is 0 Å². The lowest BCUT2D eigenvalue weighted by Crippen LogP contribution is -2.12. The molecule has 0 fully saturated rings. The van der Waals surface area contributed by atoms with Gasteiger partial charge in [0.25, 0.3) is 0 Å². The topological polar surface area (TPSA) is 34.1 Å². The number of aryl methyl sites for hydroxylation is 1. The molecule has 21 heavy (non-hydrogen) atoms. The first-order chi connectivity index (χ1) is 10.2. The minimum absolute atomic E-state index is 0.819. The van der Waals surface area contributed by atoms with Crippen LogP contribution in [-0.2, 0) is 13.1 Å². The summed E-state index contributed by atoms with van der Waals surface area (Å²) < 4.78 is 5.25. The third-order valence-corrected chi connectivity index (χ3v) is 4.30. The Hall–Kier alpha value is -1.91. The van der Waals surface area contributed by atoms with Gasteiger partial charge in [0.2, 0.25) is 0 Å². The summed E-state index contributed by atoms with van der Waals surface area (Å²) in [5, 5.41) is 7.02. The van der Waals surface area contributed by atoms with E-state index in [4.69, 9.17) is 4.74 Å². The van der Waals surface area contributed by atoms with Crippen LogP contribution in [0.25, 0.3) is 10.8 Å². The minimum atomic E-state index is 0.819. The fourth-order valence-electron chi connectivity index (χ4n) is 2.31. The Morgan fingerprint density at radius 1 is 1.10 bits per heavy atom. The van der Waals surface area contributed by atoms with E-state index >= 15 is 0 Å². The van der Waals surface area contributed by atoms with Gasteiger partial charge in [0.1, 0.15) is 10.8 Å². The molecule has 0 aliphatic rings. The second-order valence-electron chi connectivity index (χ2n) is 5.02. The summed E-state index contributed by atoms with van der Waals surface area (Å²) in [6.45, 7) is 3.75. The van der Waals surface area contributed by atoms with E-state index in [0.717, 1.165) is 23.8 Å². The number of thiazole rings is 1. The van der Waals surface area contributed by atoms with Crippen LogP contribution in [0.1, 0.15) is 15.4 Å². The molecule has 0 aliphatic heterocycles. The predicted octanol–water partition coefficient (Wildman–Crippen LogP) is 3.90. The first-order valence-corrected chi connectivity index (χ1v) is 7.75. The van der Waals surface area contributed by atoms with Gasteiger partial charge in [-0.25, -0.2) is 4.98 Å². The molecule has 0 aliphatic carbocycles. The van der Waals surface area contributed by atoms with Crippen molar-refractivity contribution in [3.05, 3.63) is 58.0 Å². The number of ether oxygens (including phenoxy) is 1. The van der Waals surface area contributed by atoms with Crippen LogP contribution in [0.5, 0.6) is 5.75 Å². The lowest BCUT2D eigenvalue weighted by molar-refractivity contribution is 0.415. The van der Waals surface area contributed by atoms with E-state index in [2.05, 4.69) is 47.6 Å². The zero-order valence-corrected chi connectivity index (χ0v) is 13.0. The van der Waals surface area contributed by atoms with Crippen molar-refractivity contribution >= 4 is 22.1 Å². The Balaban J connectivity index is 1.67. The first-order valence-electron chi connectivity index (χ1n) is 6.93. The van der Waals surface area contributed by atoms with Gasteiger partial charge in [0.05, 0.1) is 7.11 Å². The number of nitrogens with zero attached hydrogens (tertiary/aromatic N) is 1. The molecule has 0 unspecified atom stereocenters. The van der Waals surface area contributed by atoms with Gasteiger partial charge in [0, 0.05) is 24.2 Å². The van der Waals surface area contributed by atoms with E-state index in [1.807, 2.05) is 12.3 Å². The van der Waals surface area contributed by atoms with Gasteiger partial charge >= 0.3 is 0 Å². The van der Waals surface area contributed by atoms with Gasteiger partial charge < -0.3 is 10.1 Å². The third kappa shape index (κ3) is 3.40. The van der Waals surface area contributed by atoms with Crippen LogP contribution in [0, 0.1) is 6.92 Å². The molecule has 2 aromatic carbocycles. The Labute approximate surface area is 128 Å². The van der Waals surface area contributed by atoms with E-state index in [1.165, 1.54) is 21.2 Å². The smallest absolute Gasteiger partial charge is 0.119 e. The maximum atomic E-state index is 5.25. The van der Waals surface area contributed by atoms with E-state index in [1.54, 1.807) is 18.4 Å². The lowest BCUT2D eigenvalue weighted by Gasteiger charge is -2.06. The summed E-state index contributed by atoms with van der Waals surface area (Å²) in [5.41, 5.74) is 1.28. The zero-order chi connectivity index (χ0) is 14.7. The van der Waals surface area contributed by atoms with Crippen molar-refractivity contribution in [1.82, 2.24) is 10.3 Å². The quantitative estimate of drug-likeness (QED) is 0.775. The summed E-state index contributed by atoms with van der Waals surface area (Å²) in [6.07, 6.45) is 1.92. The summed E-state index contributed by atoms with van der Waals surface area (Å²) in [4.78, 5) is 5.61. The first kappa shape index (κ1) is 14.0. The predicted molar refractivity (Wildman–Crippen MR) is 87.9 cm³/mol. The Kier molecular flexibility index (Phi) is 4.18. The molecule has 0 saturated carbocycles. The van der Waals surface area contributed by atoms with Crippen LogP contribution >= 0.6 is 11.3 Å². The second-order valence-corrected chi connectivity index (χ2v) is 6.33. The van der Waals surface area contributed by atoms with Gasteiger partial charge in [-0.3, -0.25) is 0 Å². The van der Waals surface area contributed by atoms with Crippen LogP contribution < -0.4 is 10.1 Å². The van der Waals surface area contributed by atoms with Crippen LogP contribution in [0.4, 0.5) is 0 Å². The molecule has 0 atom stereocenters. The van der Waals surface area contributed by atoms with E-state index in [-0.39, 0.29) is 0 Å². The molecule has 1 heterocycles. The van der Waals surface area contributed by atoms with Gasteiger partial charge in [0.15, 0.2) is 0 Å². The maximum Gasteiger partial charge on any atom is 0.119 e. The fraction of sp³-hybridized carbons (Fsp3) is 0.235. The third-order valence-electron chi connectivity index (χ3n) is 3.39. The molecule has 0 amide bonds. The Bertz CT molecular complexity index is 751. The molecule has 3 nitrogen and oxygen atoms in total. The fourth-order valence-corrected chi connectivity index (χ4v) is 3.06. The van der Waals surface area contributed by atoms with Gasteiger partial charge in [-0.05, 0) is 41.5 Å². The highest BCUT2D eigenvalue weighted by Crippen LogP contribution is 2.22. The number of rotatable bonds is 5. The molecular formula is C17H18N2OS. The largest absolute Gasteiger partial charge is 0.497 e. The molecule has 3 aromatic rings. The highest BCUT2D eigenvalue weighted by atomic mass is 32.1. The Morgan fingerprint density at radius 2 is 1.90 bits per heavy atom. The average Bonchev–Trinajstić information content (AvgIpc) is 2.92. The summed E-state index contributed by atoms with van der Waals surface area (Å²) in [7, 11) is 1.69. The number of hydrogen-bond donors (Lipinski definition) is 1. The number of methoxy groups -OCH3 is 1.